The number of carbonyl (C=O) groups is 1. The van der Waals surface area contributed by atoms with Gasteiger partial charge in [0.05, 0.1) is 13.2 Å². The molecule has 5 atom stereocenters. The number of hydrogen-bond acceptors (Lipinski definition) is 4. The molecule has 1 N–H and O–H groups in total. The van der Waals surface area contributed by atoms with Crippen LogP contribution in [0.3, 0.4) is 0 Å². The molecule has 0 radical (unpaired) electrons. The topological polar surface area (TPSA) is 47.6 Å². The SMILES string of the molecule is CC(=O)O[C@@H]1C[C@H]2[C@H](COCc3ccccc3)CCC[C@H]2N[C@H]1C. The molecular weight excluding hydrogens is 302 g/mol. The van der Waals surface area contributed by atoms with Crippen molar-refractivity contribution in [3.05, 3.63) is 35.9 Å². The molecule has 24 heavy (non-hydrogen) atoms. The summed E-state index contributed by atoms with van der Waals surface area (Å²) in [5.41, 5.74) is 1.22. The molecule has 1 saturated heterocycles. The summed E-state index contributed by atoms with van der Waals surface area (Å²) in [4.78, 5) is 11.4. The maximum atomic E-state index is 11.4. The Balaban J connectivity index is 1.56. The average molecular weight is 331 g/mol. The van der Waals surface area contributed by atoms with E-state index in [0.717, 1.165) is 13.0 Å². The molecule has 4 nitrogen and oxygen atoms in total. The predicted molar refractivity (Wildman–Crippen MR) is 93.5 cm³/mol. The molecule has 1 aliphatic heterocycles. The number of hydrogen-bond donors (Lipinski definition) is 1. The van der Waals surface area contributed by atoms with Gasteiger partial charge in [-0.3, -0.25) is 4.79 Å². The fraction of sp³-hybridized carbons (Fsp3) is 0.650. The van der Waals surface area contributed by atoms with Crippen LogP contribution in [0.1, 0.15) is 45.1 Å². The molecule has 3 rings (SSSR count). The highest BCUT2D eigenvalue weighted by Gasteiger charge is 2.41. The van der Waals surface area contributed by atoms with Gasteiger partial charge in [-0.05, 0) is 43.6 Å². The van der Waals surface area contributed by atoms with Gasteiger partial charge in [-0.15, -0.1) is 0 Å². The lowest BCUT2D eigenvalue weighted by molar-refractivity contribution is -0.151. The molecule has 1 aliphatic carbocycles. The minimum absolute atomic E-state index is 0.0153. The van der Waals surface area contributed by atoms with E-state index in [-0.39, 0.29) is 18.1 Å². The summed E-state index contributed by atoms with van der Waals surface area (Å²) in [6.07, 6.45) is 4.62. The fourth-order valence-electron chi connectivity index (χ4n) is 4.31. The minimum Gasteiger partial charge on any atom is -0.461 e. The normalized spacial score (nSPS) is 32.8. The second kappa shape index (κ2) is 8.13. The van der Waals surface area contributed by atoms with Gasteiger partial charge in [0.2, 0.25) is 0 Å². The highest BCUT2D eigenvalue weighted by Crippen LogP contribution is 2.38. The van der Waals surface area contributed by atoms with Crippen molar-refractivity contribution in [3.8, 4) is 0 Å². The molecule has 132 valence electrons. The summed E-state index contributed by atoms with van der Waals surface area (Å²) in [5, 5.41) is 3.68. The van der Waals surface area contributed by atoms with Gasteiger partial charge >= 0.3 is 5.97 Å². The van der Waals surface area contributed by atoms with Crippen molar-refractivity contribution < 1.29 is 14.3 Å². The summed E-state index contributed by atoms with van der Waals surface area (Å²) in [6, 6.07) is 11.1. The summed E-state index contributed by atoms with van der Waals surface area (Å²) in [5.74, 6) is 0.903. The van der Waals surface area contributed by atoms with Crippen LogP contribution in [0.5, 0.6) is 0 Å². The molecule has 0 amide bonds. The van der Waals surface area contributed by atoms with Crippen LogP contribution in [0.25, 0.3) is 0 Å². The van der Waals surface area contributed by atoms with Gasteiger partial charge < -0.3 is 14.8 Å². The highest BCUT2D eigenvalue weighted by molar-refractivity contribution is 5.66. The zero-order chi connectivity index (χ0) is 16.9. The van der Waals surface area contributed by atoms with E-state index >= 15 is 0 Å². The Morgan fingerprint density at radius 2 is 2.04 bits per heavy atom. The molecule has 1 aromatic rings. The predicted octanol–water partition coefficient (Wildman–Crippen LogP) is 3.30. The van der Waals surface area contributed by atoms with Gasteiger partial charge in [-0.2, -0.15) is 0 Å². The van der Waals surface area contributed by atoms with Crippen LogP contribution in [0.15, 0.2) is 30.3 Å². The smallest absolute Gasteiger partial charge is 0.302 e. The maximum Gasteiger partial charge on any atom is 0.302 e. The number of piperidine rings is 1. The van der Waals surface area contributed by atoms with E-state index in [1.54, 1.807) is 0 Å². The molecule has 2 aliphatic rings. The Morgan fingerprint density at radius 1 is 1.25 bits per heavy atom. The lowest BCUT2D eigenvalue weighted by Gasteiger charge is -2.46. The number of rotatable bonds is 5. The fourth-order valence-corrected chi connectivity index (χ4v) is 4.31. The van der Waals surface area contributed by atoms with Crippen molar-refractivity contribution in [1.29, 1.82) is 0 Å². The van der Waals surface area contributed by atoms with E-state index in [4.69, 9.17) is 9.47 Å². The first-order valence-electron chi connectivity index (χ1n) is 9.18. The number of fused-ring (bicyclic) bond motifs is 1. The van der Waals surface area contributed by atoms with Crippen molar-refractivity contribution in [2.45, 2.75) is 64.3 Å². The Bertz CT molecular complexity index is 533. The van der Waals surface area contributed by atoms with Crippen LogP contribution >= 0.6 is 0 Å². The second-order valence-electron chi connectivity index (χ2n) is 7.30. The molecule has 0 spiro atoms. The first-order chi connectivity index (χ1) is 11.6. The second-order valence-corrected chi connectivity index (χ2v) is 7.30. The Morgan fingerprint density at radius 3 is 2.79 bits per heavy atom. The molecule has 4 heteroatoms. The highest BCUT2D eigenvalue weighted by atomic mass is 16.5. The van der Waals surface area contributed by atoms with Gasteiger partial charge in [-0.25, -0.2) is 0 Å². The summed E-state index contributed by atoms with van der Waals surface area (Å²) >= 11 is 0. The largest absolute Gasteiger partial charge is 0.461 e. The van der Waals surface area contributed by atoms with Crippen LogP contribution < -0.4 is 5.32 Å². The number of ether oxygens (including phenoxy) is 2. The molecule has 1 heterocycles. The van der Waals surface area contributed by atoms with Crippen molar-refractivity contribution >= 4 is 5.97 Å². The standard InChI is InChI=1S/C20H29NO3/c1-14-20(24-15(2)22)11-18-17(9-6-10-19(18)21-14)13-23-12-16-7-4-3-5-8-16/h3-5,7-8,14,17-21H,6,9-13H2,1-2H3/t14-,17-,18-,19+,20+/m0/s1. The Labute approximate surface area is 144 Å². The zero-order valence-corrected chi connectivity index (χ0v) is 14.7. The third-order valence-electron chi connectivity index (χ3n) is 5.51. The monoisotopic (exact) mass is 331 g/mol. The van der Waals surface area contributed by atoms with E-state index in [9.17, 15) is 4.79 Å². The third-order valence-corrected chi connectivity index (χ3v) is 5.51. The first-order valence-corrected chi connectivity index (χ1v) is 9.18. The summed E-state index contributed by atoms with van der Waals surface area (Å²) < 4.78 is 11.5. The van der Waals surface area contributed by atoms with Crippen molar-refractivity contribution in [2.75, 3.05) is 6.61 Å². The van der Waals surface area contributed by atoms with Crippen LogP contribution in [0.2, 0.25) is 0 Å². The van der Waals surface area contributed by atoms with E-state index in [2.05, 4.69) is 24.4 Å². The molecule has 0 unspecified atom stereocenters. The number of esters is 1. The van der Waals surface area contributed by atoms with Crippen molar-refractivity contribution in [3.63, 3.8) is 0 Å². The third kappa shape index (κ3) is 4.37. The number of carbonyl (C=O) groups excluding carboxylic acids is 1. The number of nitrogens with one attached hydrogen (secondary N) is 1. The molecular formula is C20H29NO3. The summed E-state index contributed by atoms with van der Waals surface area (Å²) in [7, 11) is 0. The van der Waals surface area contributed by atoms with Gasteiger partial charge in [0.15, 0.2) is 0 Å². The van der Waals surface area contributed by atoms with Crippen molar-refractivity contribution in [2.24, 2.45) is 11.8 Å². The van der Waals surface area contributed by atoms with E-state index in [1.165, 1.54) is 31.7 Å². The molecule has 0 bridgehead atoms. The van der Waals surface area contributed by atoms with E-state index in [1.807, 2.05) is 18.2 Å². The quantitative estimate of drug-likeness (QED) is 0.841. The average Bonchev–Trinajstić information content (AvgIpc) is 2.56. The lowest BCUT2D eigenvalue weighted by Crippen LogP contribution is -2.57. The number of benzene rings is 1. The van der Waals surface area contributed by atoms with Gasteiger partial charge in [0.1, 0.15) is 6.10 Å². The van der Waals surface area contributed by atoms with Crippen LogP contribution in [0.4, 0.5) is 0 Å². The lowest BCUT2D eigenvalue weighted by atomic mass is 9.70. The molecule has 2 fully saturated rings. The van der Waals surface area contributed by atoms with Gasteiger partial charge in [0, 0.05) is 19.0 Å². The Kier molecular flexibility index (Phi) is 5.90. The van der Waals surface area contributed by atoms with Gasteiger partial charge in [-0.1, -0.05) is 36.8 Å². The zero-order valence-electron chi connectivity index (χ0n) is 14.7. The Hall–Kier alpha value is -1.39. The van der Waals surface area contributed by atoms with Gasteiger partial charge in [0.25, 0.3) is 0 Å². The van der Waals surface area contributed by atoms with Crippen LogP contribution in [0, 0.1) is 11.8 Å². The van der Waals surface area contributed by atoms with Crippen LogP contribution in [-0.4, -0.2) is 30.8 Å². The van der Waals surface area contributed by atoms with E-state index < -0.39 is 0 Å². The van der Waals surface area contributed by atoms with E-state index in [0.29, 0.717) is 24.5 Å². The minimum atomic E-state index is -0.181. The van der Waals surface area contributed by atoms with Crippen molar-refractivity contribution in [1.82, 2.24) is 5.32 Å². The molecule has 1 saturated carbocycles. The first kappa shape index (κ1) is 17.4. The molecule has 1 aromatic carbocycles. The molecule has 0 aromatic heterocycles. The maximum absolute atomic E-state index is 11.4. The van der Waals surface area contributed by atoms with Crippen LogP contribution in [-0.2, 0) is 20.9 Å². The summed E-state index contributed by atoms with van der Waals surface area (Å²) in [6.45, 7) is 5.09.